The number of hydroxylamine groups is 2. The van der Waals surface area contributed by atoms with Crippen LogP contribution >= 0.6 is 0 Å². The maximum absolute atomic E-state index is 12.0. The molecule has 1 heterocycles. The number of benzene rings is 1. The molecule has 1 amide bonds. The summed E-state index contributed by atoms with van der Waals surface area (Å²) in [6.07, 6.45) is 0.582. The smallest absolute Gasteiger partial charge is 0.265 e. The van der Waals surface area contributed by atoms with Gasteiger partial charge < -0.3 is 9.26 Å². The van der Waals surface area contributed by atoms with Crippen molar-refractivity contribution in [2.24, 2.45) is 0 Å². The number of nitrogens with zero attached hydrogens (tertiary/aromatic N) is 2. The highest BCUT2D eigenvalue weighted by Gasteiger charge is 2.23. The molecular formula is C18H22N2O5. The minimum atomic E-state index is -0.500. The first-order valence-corrected chi connectivity index (χ1v) is 7.91. The third kappa shape index (κ3) is 5.15. The SMILES string of the molecule is CC(=O)c1c(OCCN(C=O)OC(C)(C)C)noc1-c1ccccc1. The van der Waals surface area contributed by atoms with E-state index in [-0.39, 0.29) is 30.4 Å². The summed E-state index contributed by atoms with van der Waals surface area (Å²) in [5, 5.41) is 4.99. The van der Waals surface area contributed by atoms with Crippen molar-refractivity contribution < 1.29 is 23.7 Å². The minimum Gasteiger partial charge on any atom is -0.473 e. The second-order valence-electron chi connectivity index (χ2n) is 6.41. The highest BCUT2D eigenvalue weighted by molar-refractivity contribution is 6.01. The van der Waals surface area contributed by atoms with Crippen molar-refractivity contribution in [3.8, 4) is 17.2 Å². The molecule has 0 radical (unpaired) electrons. The number of hydrogen-bond donors (Lipinski definition) is 0. The van der Waals surface area contributed by atoms with E-state index in [2.05, 4.69) is 5.16 Å². The van der Waals surface area contributed by atoms with Crippen LogP contribution in [0.4, 0.5) is 0 Å². The number of Topliss-reactive ketones (excluding diaryl/α,β-unsaturated/α-hetero) is 1. The highest BCUT2D eigenvalue weighted by Crippen LogP contribution is 2.30. The van der Waals surface area contributed by atoms with Gasteiger partial charge in [0.2, 0.25) is 6.41 Å². The first kappa shape index (κ1) is 18.7. The summed E-state index contributed by atoms with van der Waals surface area (Å²) in [5.74, 6) is 0.252. The Morgan fingerprint density at radius 3 is 2.52 bits per heavy atom. The maximum Gasteiger partial charge on any atom is 0.265 e. The quantitative estimate of drug-likeness (QED) is 0.415. The Balaban J connectivity index is 2.09. The molecule has 2 aromatic rings. The molecule has 1 aromatic carbocycles. The summed E-state index contributed by atoms with van der Waals surface area (Å²) in [6, 6.07) is 9.19. The minimum absolute atomic E-state index is 0.105. The largest absolute Gasteiger partial charge is 0.473 e. The molecule has 7 heteroatoms. The normalized spacial score (nSPS) is 11.2. The molecule has 0 aliphatic carbocycles. The fourth-order valence-corrected chi connectivity index (χ4v) is 2.17. The van der Waals surface area contributed by atoms with Gasteiger partial charge in [-0.15, -0.1) is 0 Å². The molecule has 25 heavy (non-hydrogen) atoms. The van der Waals surface area contributed by atoms with Crippen molar-refractivity contribution in [1.82, 2.24) is 10.2 Å². The predicted molar refractivity (Wildman–Crippen MR) is 91.0 cm³/mol. The molecule has 0 saturated carbocycles. The van der Waals surface area contributed by atoms with E-state index in [0.717, 1.165) is 10.6 Å². The monoisotopic (exact) mass is 346 g/mol. The van der Waals surface area contributed by atoms with E-state index in [9.17, 15) is 9.59 Å². The Morgan fingerprint density at radius 2 is 1.96 bits per heavy atom. The van der Waals surface area contributed by atoms with Gasteiger partial charge in [-0.1, -0.05) is 30.3 Å². The van der Waals surface area contributed by atoms with Crippen molar-refractivity contribution in [3.63, 3.8) is 0 Å². The summed E-state index contributed by atoms with van der Waals surface area (Å²) in [4.78, 5) is 28.5. The number of hydrogen-bond acceptors (Lipinski definition) is 6. The lowest BCUT2D eigenvalue weighted by Crippen LogP contribution is -2.35. The topological polar surface area (TPSA) is 81.9 Å². The van der Waals surface area contributed by atoms with Crippen molar-refractivity contribution in [2.75, 3.05) is 13.2 Å². The lowest BCUT2D eigenvalue weighted by atomic mass is 10.1. The Hall–Kier alpha value is -2.67. The van der Waals surface area contributed by atoms with E-state index in [1.807, 2.05) is 51.1 Å². The molecule has 2 rings (SSSR count). The Labute approximate surface area is 146 Å². The maximum atomic E-state index is 12.0. The fourth-order valence-electron chi connectivity index (χ4n) is 2.17. The number of carbonyl (C=O) groups excluding carboxylic acids is 2. The van der Waals surface area contributed by atoms with E-state index < -0.39 is 5.60 Å². The third-order valence-electron chi connectivity index (χ3n) is 3.11. The van der Waals surface area contributed by atoms with Crippen molar-refractivity contribution in [3.05, 3.63) is 35.9 Å². The van der Waals surface area contributed by atoms with Gasteiger partial charge in [-0.2, -0.15) is 0 Å². The van der Waals surface area contributed by atoms with Gasteiger partial charge in [-0.3, -0.25) is 14.4 Å². The van der Waals surface area contributed by atoms with Crippen LogP contribution in [0.3, 0.4) is 0 Å². The van der Waals surface area contributed by atoms with Crippen LogP contribution in [0.25, 0.3) is 11.3 Å². The fraction of sp³-hybridized carbons (Fsp3) is 0.389. The summed E-state index contributed by atoms with van der Waals surface area (Å²) >= 11 is 0. The number of aromatic nitrogens is 1. The van der Waals surface area contributed by atoms with Gasteiger partial charge in [-0.25, -0.2) is 5.06 Å². The molecule has 0 saturated heterocycles. The summed E-state index contributed by atoms with van der Waals surface area (Å²) < 4.78 is 10.8. The zero-order valence-corrected chi connectivity index (χ0v) is 14.8. The predicted octanol–water partition coefficient (Wildman–Crippen LogP) is 3.11. The van der Waals surface area contributed by atoms with Gasteiger partial charge in [0.1, 0.15) is 12.2 Å². The van der Waals surface area contributed by atoms with E-state index in [4.69, 9.17) is 14.1 Å². The van der Waals surface area contributed by atoms with Crippen LogP contribution in [0, 0.1) is 0 Å². The highest BCUT2D eigenvalue weighted by atomic mass is 16.7. The zero-order chi connectivity index (χ0) is 18.4. The van der Waals surface area contributed by atoms with Crippen LogP contribution in [0.2, 0.25) is 0 Å². The molecular weight excluding hydrogens is 324 g/mol. The first-order valence-electron chi connectivity index (χ1n) is 7.91. The van der Waals surface area contributed by atoms with E-state index >= 15 is 0 Å². The molecule has 0 N–H and O–H groups in total. The third-order valence-corrected chi connectivity index (χ3v) is 3.11. The number of rotatable bonds is 8. The summed E-state index contributed by atoms with van der Waals surface area (Å²) in [7, 11) is 0. The number of ether oxygens (including phenoxy) is 1. The standard InChI is InChI=1S/C18H22N2O5/c1-13(22)15-16(14-8-6-5-7-9-14)24-19-17(15)23-11-10-20(12-21)25-18(2,3)4/h5-9,12H,10-11H2,1-4H3. The number of ketones is 1. The molecule has 1 aromatic heterocycles. The molecule has 134 valence electrons. The summed E-state index contributed by atoms with van der Waals surface area (Å²) in [5.41, 5.74) is 0.515. The molecule has 0 aliphatic heterocycles. The molecule has 7 nitrogen and oxygen atoms in total. The van der Waals surface area contributed by atoms with Gasteiger partial charge in [-0.05, 0) is 32.9 Å². The van der Waals surface area contributed by atoms with Gasteiger partial charge in [0, 0.05) is 5.56 Å². The second-order valence-corrected chi connectivity index (χ2v) is 6.41. The molecule has 0 spiro atoms. The van der Waals surface area contributed by atoms with Gasteiger partial charge in [0.25, 0.3) is 5.88 Å². The average molecular weight is 346 g/mol. The molecule has 0 atom stereocenters. The van der Waals surface area contributed by atoms with Crippen molar-refractivity contribution >= 4 is 12.2 Å². The van der Waals surface area contributed by atoms with Crippen LogP contribution in [0.1, 0.15) is 38.1 Å². The Bertz CT molecular complexity index is 719. The first-order chi connectivity index (χ1) is 11.8. The number of carbonyl (C=O) groups is 2. The lowest BCUT2D eigenvalue weighted by molar-refractivity contribution is -0.217. The van der Waals surface area contributed by atoms with Crippen LogP contribution in [0.15, 0.2) is 34.9 Å². The second kappa shape index (κ2) is 7.94. The molecule has 0 fully saturated rings. The van der Waals surface area contributed by atoms with Gasteiger partial charge >= 0.3 is 0 Å². The van der Waals surface area contributed by atoms with Crippen LogP contribution in [-0.4, -0.2) is 41.2 Å². The van der Waals surface area contributed by atoms with Crippen LogP contribution in [0.5, 0.6) is 5.88 Å². The molecule has 0 unspecified atom stereocenters. The average Bonchev–Trinajstić information content (AvgIpc) is 2.97. The molecule has 0 aliphatic rings. The Kier molecular flexibility index (Phi) is 5.93. The summed E-state index contributed by atoms with van der Waals surface area (Å²) in [6.45, 7) is 7.22. The van der Waals surface area contributed by atoms with E-state index in [1.54, 1.807) is 0 Å². The van der Waals surface area contributed by atoms with Crippen LogP contribution in [-0.2, 0) is 9.63 Å². The van der Waals surface area contributed by atoms with Crippen LogP contribution < -0.4 is 4.74 Å². The zero-order valence-electron chi connectivity index (χ0n) is 14.8. The number of amides is 1. The van der Waals surface area contributed by atoms with Gasteiger partial charge in [0.05, 0.1) is 12.1 Å². The lowest BCUT2D eigenvalue weighted by Gasteiger charge is -2.26. The van der Waals surface area contributed by atoms with Gasteiger partial charge in [0.15, 0.2) is 11.5 Å². The van der Waals surface area contributed by atoms with Crippen molar-refractivity contribution in [2.45, 2.75) is 33.3 Å². The Morgan fingerprint density at radius 1 is 1.28 bits per heavy atom. The molecule has 0 bridgehead atoms. The van der Waals surface area contributed by atoms with Crippen molar-refractivity contribution in [1.29, 1.82) is 0 Å². The van der Waals surface area contributed by atoms with E-state index in [0.29, 0.717) is 12.2 Å². The van der Waals surface area contributed by atoms with E-state index in [1.165, 1.54) is 6.92 Å².